The van der Waals surface area contributed by atoms with E-state index in [0.717, 1.165) is 11.1 Å². The summed E-state index contributed by atoms with van der Waals surface area (Å²) in [6.45, 7) is 2.05. The van der Waals surface area contributed by atoms with Gasteiger partial charge in [0.1, 0.15) is 5.75 Å². The van der Waals surface area contributed by atoms with Gasteiger partial charge in [0.15, 0.2) is 0 Å². The second kappa shape index (κ2) is 5.17. The third kappa shape index (κ3) is 2.69. The van der Waals surface area contributed by atoms with Gasteiger partial charge < -0.3 is 9.63 Å². The molecule has 0 saturated carbocycles. The summed E-state index contributed by atoms with van der Waals surface area (Å²) in [4.78, 5) is 4.38. The van der Waals surface area contributed by atoms with Gasteiger partial charge in [-0.05, 0) is 36.8 Å². The Morgan fingerprint density at radius 2 is 1.90 bits per heavy atom. The minimum Gasteiger partial charge on any atom is -0.508 e. The first kappa shape index (κ1) is 12.4. The summed E-state index contributed by atoms with van der Waals surface area (Å²) in [6, 6.07) is 14.9. The minimum absolute atomic E-state index is 0.220. The Bertz CT molecular complexity index is 717. The molecule has 0 aliphatic carbocycles. The van der Waals surface area contributed by atoms with Gasteiger partial charge in [0, 0.05) is 5.56 Å². The molecular weight excluding hydrogens is 252 g/mol. The molecular formula is C16H14N2O2. The van der Waals surface area contributed by atoms with E-state index in [4.69, 9.17) is 4.52 Å². The van der Waals surface area contributed by atoms with Crippen molar-refractivity contribution in [3.63, 3.8) is 0 Å². The molecule has 3 rings (SSSR count). The summed E-state index contributed by atoms with van der Waals surface area (Å²) in [6.07, 6.45) is 0.618. The van der Waals surface area contributed by atoms with Gasteiger partial charge in [-0.25, -0.2) is 0 Å². The van der Waals surface area contributed by atoms with Crippen LogP contribution in [-0.2, 0) is 6.42 Å². The number of aromatic nitrogens is 2. The van der Waals surface area contributed by atoms with Gasteiger partial charge in [-0.1, -0.05) is 35.0 Å². The number of rotatable bonds is 3. The van der Waals surface area contributed by atoms with Gasteiger partial charge in [-0.15, -0.1) is 0 Å². The number of aromatic hydroxyl groups is 1. The van der Waals surface area contributed by atoms with Crippen molar-refractivity contribution < 1.29 is 9.63 Å². The van der Waals surface area contributed by atoms with Gasteiger partial charge in [0.2, 0.25) is 11.7 Å². The van der Waals surface area contributed by atoms with Gasteiger partial charge in [0.05, 0.1) is 6.42 Å². The number of phenols is 1. The van der Waals surface area contributed by atoms with Crippen LogP contribution in [0.1, 0.15) is 17.0 Å². The Morgan fingerprint density at radius 1 is 1.10 bits per heavy atom. The minimum atomic E-state index is 0.220. The van der Waals surface area contributed by atoms with E-state index in [1.165, 1.54) is 5.56 Å². The van der Waals surface area contributed by atoms with Gasteiger partial charge in [-0.2, -0.15) is 4.98 Å². The van der Waals surface area contributed by atoms with Crippen molar-refractivity contribution in [1.82, 2.24) is 10.1 Å². The second-order valence-corrected chi connectivity index (χ2v) is 4.72. The highest BCUT2D eigenvalue weighted by Crippen LogP contribution is 2.20. The molecule has 0 aliphatic rings. The fourth-order valence-corrected chi connectivity index (χ4v) is 2.05. The van der Waals surface area contributed by atoms with Crippen LogP contribution < -0.4 is 0 Å². The molecule has 1 heterocycles. The summed E-state index contributed by atoms with van der Waals surface area (Å²) in [7, 11) is 0. The van der Waals surface area contributed by atoms with Crippen molar-refractivity contribution in [2.45, 2.75) is 13.3 Å². The van der Waals surface area contributed by atoms with Crippen LogP contribution in [-0.4, -0.2) is 15.2 Å². The Kier molecular flexibility index (Phi) is 3.21. The Labute approximate surface area is 116 Å². The first-order valence-corrected chi connectivity index (χ1v) is 6.38. The molecule has 0 aliphatic heterocycles. The highest BCUT2D eigenvalue weighted by Gasteiger charge is 2.09. The topological polar surface area (TPSA) is 59.2 Å². The second-order valence-electron chi connectivity index (χ2n) is 4.72. The molecule has 4 heteroatoms. The highest BCUT2D eigenvalue weighted by molar-refractivity contribution is 5.55. The van der Waals surface area contributed by atoms with E-state index in [0.29, 0.717) is 18.1 Å². The van der Waals surface area contributed by atoms with Crippen LogP contribution in [0.15, 0.2) is 53.1 Å². The number of hydrogen-bond acceptors (Lipinski definition) is 4. The lowest BCUT2D eigenvalue weighted by Gasteiger charge is -1.97. The lowest BCUT2D eigenvalue weighted by molar-refractivity contribution is 0.385. The molecule has 4 nitrogen and oxygen atoms in total. The maximum atomic E-state index is 9.27. The van der Waals surface area contributed by atoms with Crippen molar-refractivity contribution in [3.05, 3.63) is 65.5 Å². The Hall–Kier alpha value is -2.62. The molecule has 0 spiro atoms. The van der Waals surface area contributed by atoms with E-state index in [-0.39, 0.29) is 5.75 Å². The van der Waals surface area contributed by atoms with Crippen molar-refractivity contribution in [3.8, 4) is 17.1 Å². The largest absolute Gasteiger partial charge is 0.508 e. The van der Waals surface area contributed by atoms with E-state index < -0.39 is 0 Å². The van der Waals surface area contributed by atoms with Crippen molar-refractivity contribution in [2.75, 3.05) is 0 Å². The maximum Gasteiger partial charge on any atom is 0.231 e. The van der Waals surface area contributed by atoms with Crippen LogP contribution in [0.2, 0.25) is 0 Å². The Morgan fingerprint density at radius 3 is 2.65 bits per heavy atom. The van der Waals surface area contributed by atoms with Gasteiger partial charge >= 0.3 is 0 Å². The quantitative estimate of drug-likeness (QED) is 0.789. The molecule has 1 N–H and O–H groups in total. The maximum absolute atomic E-state index is 9.27. The van der Waals surface area contributed by atoms with Crippen molar-refractivity contribution in [2.24, 2.45) is 0 Å². The molecule has 0 saturated heterocycles. The van der Waals surface area contributed by atoms with Crippen LogP contribution in [0.25, 0.3) is 11.4 Å². The molecule has 0 radical (unpaired) electrons. The van der Waals surface area contributed by atoms with E-state index in [9.17, 15) is 5.11 Å². The highest BCUT2D eigenvalue weighted by atomic mass is 16.5. The molecule has 1 aromatic heterocycles. The van der Waals surface area contributed by atoms with E-state index in [1.54, 1.807) is 24.3 Å². The van der Waals surface area contributed by atoms with E-state index in [1.807, 2.05) is 12.1 Å². The summed E-state index contributed by atoms with van der Waals surface area (Å²) in [5, 5.41) is 13.2. The standard InChI is InChI=1S/C16H14N2O2/c1-11-3-2-4-12(9-11)10-15-17-16(18-20-15)13-5-7-14(19)8-6-13/h2-9,19H,10H2,1H3. The first-order valence-electron chi connectivity index (χ1n) is 6.38. The smallest absolute Gasteiger partial charge is 0.231 e. The zero-order valence-corrected chi connectivity index (χ0v) is 11.1. The fourth-order valence-electron chi connectivity index (χ4n) is 2.05. The van der Waals surface area contributed by atoms with Gasteiger partial charge in [-0.3, -0.25) is 0 Å². The zero-order valence-electron chi connectivity index (χ0n) is 11.1. The van der Waals surface area contributed by atoms with Crippen molar-refractivity contribution >= 4 is 0 Å². The Balaban J connectivity index is 1.82. The molecule has 0 amide bonds. The van der Waals surface area contributed by atoms with Crippen LogP contribution in [0.4, 0.5) is 0 Å². The number of benzene rings is 2. The molecule has 0 atom stereocenters. The van der Waals surface area contributed by atoms with E-state index >= 15 is 0 Å². The lowest BCUT2D eigenvalue weighted by Crippen LogP contribution is -1.89. The third-order valence-electron chi connectivity index (χ3n) is 3.03. The molecule has 0 fully saturated rings. The predicted molar refractivity (Wildman–Crippen MR) is 75.4 cm³/mol. The fraction of sp³-hybridized carbons (Fsp3) is 0.125. The summed E-state index contributed by atoms with van der Waals surface area (Å²) >= 11 is 0. The van der Waals surface area contributed by atoms with Crippen LogP contribution >= 0.6 is 0 Å². The first-order chi connectivity index (χ1) is 9.70. The summed E-state index contributed by atoms with van der Waals surface area (Å²) in [5.74, 6) is 1.34. The molecule has 2 aromatic carbocycles. The zero-order chi connectivity index (χ0) is 13.9. The molecule has 0 unspecified atom stereocenters. The average Bonchev–Trinajstić information content (AvgIpc) is 2.88. The summed E-state index contributed by atoms with van der Waals surface area (Å²) in [5.41, 5.74) is 3.17. The van der Waals surface area contributed by atoms with Crippen molar-refractivity contribution in [1.29, 1.82) is 0 Å². The average molecular weight is 266 g/mol. The lowest BCUT2D eigenvalue weighted by atomic mass is 10.1. The molecule has 20 heavy (non-hydrogen) atoms. The third-order valence-corrected chi connectivity index (χ3v) is 3.03. The molecule has 3 aromatic rings. The van der Waals surface area contributed by atoms with Crippen LogP contribution in [0.3, 0.4) is 0 Å². The van der Waals surface area contributed by atoms with E-state index in [2.05, 4.69) is 29.2 Å². The molecule has 100 valence electrons. The number of aryl methyl sites for hydroxylation is 1. The SMILES string of the molecule is Cc1cccc(Cc2nc(-c3ccc(O)cc3)no2)c1. The van der Waals surface area contributed by atoms with Gasteiger partial charge in [0.25, 0.3) is 0 Å². The van der Waals surface area contributed by atoms with Crippen LogP contribution in [0.5, 0.6) is 5.75 Å². The molecule has 0 bridgehead atoms. The normalized spacial score (nSPS) is 10.7. The number of hydrogen-bond donors (Lipinski definition) is 1. The monoisotopic (exact) mass is 266 g/mol. The predicted octanol–water partition coefficient (Wildman–Crippen LogP) is 3.34. The number of phenolic OH excluding ortho intramolecular Hbond substituents is 1. The number of nitrogens with zero attached hydrogens (tertiary/aromatic N) is 2. The summed E-state index contributed by atoms with van der Waals surface area (Å²) < 4.78 is 5.27. The van der Waals surface area contributed by atoms with Crippen LogP contribution in [0, 0.1) is 6.92 Å².